The summed E-state index contributed by atoms with van der Waals surface area (Å²) in [5, 5.41) is 0. The number of rotatable bonds is 7. The number of hydrogen-bond acceptors (Lipinski definition) is 3. The molecule has 122 valence electrons. The number of carbonyl (C=O) groups excluding carboxylic acids is 1. The molecule has 1 saturated carbocycles. The quantitative estimate of drug-likeness (QED) is 0.727. The van der Waals surface area contributed by atoms with Crippen LogP contribution < -0.4 is 0 Å². The molecule has 0 bridgehead atoms. The molecule has 1 aliphatic rings. The van der Waals surface area contributed by atoms with Crippen LogP contribution in [0, 0.1) is 5.41 Å². The first-order valence-electron chi connectivity index (χ1n) is 8.23. The summed E-state index contributed by atoms with van der Waals surface area (Å²) < 4.78 is 5.96. The number of amides is 1. The highest BCUT2D eigenvalue weighted by Gasteiger charge is 2.51. The minimum atomic E-state index is 0.0209. The van der Waals surface area contributed by atoms with Gasteiger partial charge in [-0.05, 0) is 24.5 Å². The Hall–Kier alpha value is -1.42. The van der Waals surface area contributed by atoms with E-state index >= 15 is 0 Å². The predicted molar refractivity (Wildman–Crippen MR) is 87.5 cm³/mol. The maximum Gasteiger partial charge on any atom is 0.227 e. The lowest BCUT2D eigenvalue weighted by atomic mass is 9.63. The molecule has 4 heteroatoms. The molecule has 2 unspecified atom stereocenters. The van der Waals surface area contributed by atoms with E-state index in [4.69, 9.17) is 4.74 Å². The Morgan fingerprint density at radius 2 is 2.27 bits per heavy atom. The van der Waals surface area contributed by atoms with Crippen molar-refractivity contribution >= 4 is 5.91 Å². The predicted octanol–water partition coefficient (Wildman–Crippen LogP) is 3.07. The molecule has 0 N–H and O–H groups in total. The number of aromatic nitrogens is 1. The van der Waals surface area contributed by atoms with Gasteiger partial charge in [-0.15, -0.1) is 0 Å². The molecule has 2 atom stereocenters. The second-order valence-electron chi connectivity index (χ2n) is 6.83. The van der Waals surface area contributed by atoms with Crippen LogP contribution >= 0.6 is 0 Å². The third-order valence-corrected chi connectivity index (χ3v) is 4.88. The zero-order valence-electron chi connectivity index (χ0n) is 14.2. The van der Waals surface area contributed by atoms with Crippen LogP contribution in [0.4, 0.5) is 0 Å². The second kappa shape index (κ2) is 7.23. The topological polar surface area (TPSA) is 42.4 Å². The molecule has 1 aliphatic carbocycles. The fraction of sp³-hybridized carbons (Fsp3) is 0.667. The fourth-order valence-electron chi connectivity index (χ4n) is 3.15. The van der Waals surface area contributed by atoms with E-state index in [-0.39, 0.29) is 23.5 Å². The van der Waals surface area contributed by atoms with Crippen LogP contribution in [0.15, 0.2) is 24.5 Å². The van der Waals surface area contributed by atoms with Gasteiger partial charge >= 0.3 is 0 Å². The molecule has 1 aromatic heterocycles. The van der Waals surface area contributed by atoms with Crippen LogP contribution in [0.1, 0.15) is 45.6 Å². The van der Waals surface area contributed by atoms with E-state index in [1.165, 1.54) is 0 Å². The maximum atomic E-state index is 12.5. The first-order valence-corrected chi connectivity index (χ1v) is 8.23. The van der Waals surface area contributed by atoms with Crippen molar-refractivity contribution in [3.63, 3.8) is 0 Å². The molecule has 0 saturated heterocycles. The van der Waals surface area contributed by atoms with Crippen molar-refractivity contribution in [3.8, 4) is 0 Å². The second-order valence-corrected chi connectivity index (χ2v) is 6.83. The Morgan fingerprint density at radius 1 is 1.50 bits per heavy atom. The molecule has 22 heavy (non-hydrogen) atoms. The first-order chi connectivity index (χ1) is 10.5. The Balaban J connectivity index is 1.88. The summed E-state index contributed by atoms with van der Waals surface area (Å²) in [4.78, 5) is 18.4. The van der Waals surface area contributed by atoms with Crippen LogP contribution in [0.25, 0.3) is 0 Å². The van der Waals surface area contributed by atoms with E-state index in [9.17, 15) is 4.79 Å². The molecule has 1 heterocycles. The molecule has 0 spiro atoms. The van der Waals surface area contributed by atoms with Crippen molar-refractivity contribution in [2.75, 3.05) is 13.7 Å². The van der Waals surface area contributed by atoms with Gasteiger partial charge in [0, 0.05) is 37.5 Å². The summed E-state index contributed by atoms with van der Waals surface area (Å²) in [7, 11) is 1.91. The van der Waals surface area contributed by atoms with Gasteiger partial charge in [0.15, 0.2) is 0 Å². The van der Waals surface area contributed by atoms with Gasteiger partial charge in [0.1, 0.15) is 0 Å². The molecule has 4 nitrogen and oxygen atoms in total. The van der Waals surface area contributed by atoms with Gasteiger partial charge in [-0.25, -0.2) is 0 Å². The Morgan fingerprint density at radius 3 is 2.86 bits per heavy atom. The average molecular weight is 304 g/mol. The number of hydrogen-bond donors (Lipinski definition) is 0. The number of ether oxygens (including phenoxy) is 1. The van der Waals surface area contributed by atoms with Crippen LogP contribution in [0.5, 0.6) is 0 Å². The Kier molecular flexibility index (Phi) is 5.57. The van der Waals surface area contributed by atoms with Crippen LogP contribution in [0.2, 0.25) is 0 Å². The minimum absolute atomic E-state index is 0.0209. The molecule has 1 aromatic rings. The average Bonchev–Trinajstić information content (AvgIpc) is 2.50. The molecule has 2 rings (SSSR count). The van der Waals surface area contributed by atoms with Crippen molar-refractivity contribution in [3.05, 3.63) is 30.1 Å². The normalized spacial score (nSPS) is 22.9. The zero-order valence-corrected chi connectivity index (χ0v) is 14.2. The summed E-state index contributed by atoms with van der Waals surface area (Å²) in [5.74, 6) is 0.151. The van der Waals surface area contributed by atoms with Crippen LogP contribution in [-0.2, 0) is 16.0 Å². The van der Waals surface area contributed by atoms with Gasteiger partial charge in [0.05, 0.1) is 12.5 Å². The van der Waals surface area contributed by atoms with Crippen molar-refractivity contribution in [2.45, 2.75) is 58.6 Å². The van der Waals surface area contributed by atoms with Crippen molar-refractivity contribution in [2.24, 2.45) is 5.41 Å². The largest absolute Gasteiger partial charge is 0.378 e. The van der Waals surface area contributed by atoms with Gasteiger partial charge in [-0.1, -0.05) is 33.3 Å². The van der Waals surface area contributed by atoms with Crippen LogP contribution in [0.3, 0.4) is 0 Å². The summed E-state index contributed by atoms with van der Waals surface area (Å²) in [5.41, 5.74) is 0.986. The summed E-state index contributed by atoms with van der Waals surface area (Å²) in [6.45, 7) is 7.39. The minimum Gasteiger partial charge on any atom is -0.378 e. The lowest BCUT2D eigenvalue weighted by Gasteiger charge is -2.55. The monoisotopic (exact) mass is 304 g/mol. The highest BCUT2D eigenvalue weighted by molar-refractivity contribution is 5.79. The van der Waals surface area contributed by atoms with Crippen molar-refractivity contribution in [1.29, 1.82) is 0 Å². The Labute approximate surface area is 133 Å². The number of nitrogens with zero attached hydrogens (tertiary/aromatic N) is 2. The van der Waals surface area contributed by atoms with Crippen LogP contribution in [-0.4, -0.2) is 41.6 Å². The molecule has 0 aromatic carbocycles. The first kappa shape index (κ1) is 16.9. The molecule has 1 amide bonds. The summed E-state index contributed by atoms with van der Waals surface area (Å²) >= 11 is 0. The van der Waals surface area contributed by atoms with E-state index in [2.05, 4.69) is 25.8 Å². The van der Waals surface area contributed by atoms with E-state index < -0.39 is 0 Å². The smallest absolute Gasteiger partial charge is 0.227 e. The third-order valence-electron chi connectivity index (χ3n) is 4.88. The molecular weight excluding hydrogens is 276 g/mol. The Bertz CT molecular complexity index is 487. The van der Waals surface area contributed by atoms with Gasteiger partial charge in [0.2, 0.25) is 5.91 Å². The van der Waals surface area contributed by atoms with E-state index in [1.54, 1.807) is 12.4 Å². The molecule has 0 aliphatic heterocycles. The lowest BCUT2D eigenvalue weighted by Crippen LogP contribution is -2.62. The summed E-state index contributed by atoms with van der Waals surface area (Å²) in [6, 6.07) is 4.07. The number of likely N-dealkylation sites (N-methyl/N-ethyl adjacent to an activating group) is 1. The number of carbonyl (C=O) groups is 1. The molecule has 1 fully saturated rings. The van der Waals surface area contributed by atoms with Gasteiger partial charge in [0.25, 0.3) is 0 Å². The third kappa shape index (κ3) is 3.67. The number of pyridine rings is 1. The highest BCUT2D eigenvalue weighted by atomic mass is 16.5. The zero-order chi connectivity index (χ0) is 16.2. The maximum absolute atomic E-state index is 12.5. The lowest BCUT2D eigenvalue weighted by molar-refractivity contribution is -0.164. The van der Waals surface area contributed by atoms with E-state index in [0.717, 1.165) is 31.4 Å². The highest BCUT2D eigenvalue weighted by Crippen LogP contribution is 2.45. The van der Waals surface area contributed by atoms with Gasteiger partial charge in [-0.3, -0.25) is 9.78 Å². The summed E-state index contributed by atoms with van der Waals surface area (Å²) in [6.07, 6.45) is 7.36. The standard InChI is InChI=1S/C18H28N2O2/c1-5-6-10-22-16-12-15(18(16,2)3)20(4)17(21)11-14-8-7-9-19-13-14/h7-9,13,15-16H,5-6,10-12H2,1-4H3. The van der Waals surface area contributed by atoms with Crippen molar-refractivity contribution < 1.29 is 9.53 Å². The van der Waals surface area contributed by atoms with E-state index in [0.29, 0.717) is 6.42 Å². The molecular formula is C18H28N2O2. The fourth-order valence-corrected chi connectivity index (χ4v) is 3.15. The number of unbranched alkanes of at least 4 members (excludes halogenated alkanes) is 1. The van der Waals surface area contributed by atoms with Gasteiger partial charge in [-0.2, -0.15) is 0 Å². The van der Waals surface area contributed by atoms with E-state index in [1.807, 2.05) is 24.1 Å². The SMILES string of the molecule is CCCCOC1CC(N(C)C(=O)Cc2cccnc2)C1(C)C. The molecule has 0 radical (unpaired) electrons. The van der Waals surface area contributed by atoms with Crippen molar-refractivity contribution in [1.82, 2.24) is 9.88 Å². The van der Waals surface area contributed by atoms with Gasteiger partial charge < -0.3 is 9.64 Å².